The Balaban J connectivity index is 0.000000281. The number of ether oxygens (including phenoxy) is 1. The van der Waals surface area contributed by atoms with Crippen LogP contribution in [0.1, 0.15) is 46.5 Å². The summed E-state index contributed by atoms with van der Waals surface area (Å²) in [5.74, 6) is 0.980. The second-order valence-electron chi connectivity index (χ2n) is 3.30. The van der Waals surface area contributed by atoms with E-state index in [1.165, 1.54) is 25.7 Å². The molecule has 0 bridgehead atoms. The van der Waals surface area contributed by atoms with E-state index < -0.39 is 0 Å². The molecule has 3 atom stereocenters. The molecule has 1 saturated heterocycles. The van der Waals surface area contributed by atoms with Crippen molar-refractivity contribution in [2.24, 2.45) is 5.92 Å². The van der Waals surface area contributed by atoms with Crippen LogP contribution in [0.5, 0.6) is 0 Å². The molecule has 1 heterocycles. The Labute approximate surface area is 70.1 Å². The molecule has 1 aliphatic heterocycles. The van der Waals surface area contributed by atoms with Crippen molar-refractivity contribution < 1.29 is 4.74 Å². The summed E-state index contributed by atoms with van der Waals surface area (Å²) in [6.45, 7) is 6.29. The van der Waals surface area contributed by atoms with Gasteiger partial charge in [0.2, 0.25) is 0 Å². The van der Waals surface area contributed by atoms with Gasteiger partial charge in [-0.3, -0.25) is 0 Å². The zero-order valence-corrected chi connectivity index (χ0v) is 7.97. The first kappa shape index (κ1) is 9.05. The number of epoxide rings is 1. The smallest absolute Gasteiger partial charge is 0.0844 e. The van der Waals surface area contributed by atoms with Crippen LogP contribution in [0.4, 0.5) is 0 Å². The lowest BCUT2D eigenvalue weighted by Gasteiger charge is -2.15. The van der Waals surface area contributed by atoms with E-state index in [0.29, 0.717) is 12.2 Å². The van der Waals surface area contributed by atoms with Gasteiger partial charge < -0.3 is 4.74 Å². The molecule has 0 aromatic heterocycles. The largest absolute Gasteiger partial charge is 0.370 e. The van der Waals surface area contributed by atoms with E-state index in [1.54, 1.807) is 0 Å². The van der Waals surface area contributed by atoms with Gasteiger partial charge in [-0.15, -0.1) is 0 Å². The lowest BCUT2D eigenvalue weighted by atomic mass is 9.88. The van der Waals surface area contributed by atoms with Crippen molar-refractivity contribution in [1.29, 1.82) is 0 Å². The molecular formula is C10H20O. The monoisotopic (exact) mass is 156 g/mol. The minimum Gasteiger partial charge on any atom is -0.370 e. The number of hydrogen-bond donors (Lipinski definition) is 0. The first-order valence-electron chi connectivity index (χ1n) is 5.05. The Kier molecular flexibility index (Phi) is 3.38. The van der Waals surface area contributed by atoms with Crippen molar-refractivity contribution in [2.75, 3.05) is 0 Å². The molecule has 1 nitrogen and oxygen atoms in total. The summed E-state index contributed by atoms with van der Waals surface area (Å²) in [7, 11) is 0. The molecule has 1 heteroatoms. The van der Waals surface area contributed by atoms with Gasteiger partial charge >= 0.3 is 0 Å². The van der Waals surface area contributed by atoms with Crippen LogP contribution in [-0.2, 0) is 4.74 Å². The summed E-state index contributed by atoms with van der Waals surface area (Å²) >= 11 is 0. The fourth-order valence-electron chi connectivity index (χ4n) is 1.86. The first-order valence-corrected chi connectivity index (χ1v) is 5.05. The van der Waals surface area contributed by atoms with Crippen molar-refractivity contribution >= 4 is 0 Å². The van der Waals surface area contributed by atoms with Gasteiger partial charge in [0.25, 0.3) is 0 Å². The van der Waals surface area contributed by atoms with Crippen molar-refractivity contribution in [3.63, 3.8) is 0 Å². The predicted octanol–water partition coefficient (Wildman–Crippen LogP) is 2.99. The maximum Gasteiger partial charge on any atom is 0.0844 e. The molecule has 66 valence electrons. The Morgan fingerprint density at radius 1 is 1.18 bits per heavy atom. The summed E-state index contributed by atoms with van der Waals surface area (Å²) in [6.07, 6.45) is 6.82. The van der Waals surface area contributed by atoms with Crippen LogP contribution in [0.2, 0.25) is 0 Å². The fraction of sp³-hybridized carbons (Fsp3) is 1.00. The zero-order chi connectivity index (χ0) is 8.27. The molecule has 0 spiro atoms. The van der Waals surface area contributed by atoms with E-state index in [4.69, 9.17) is 4.74 Å². The second kappa shape index (κ2) is 4.10. The highest BCUT2D eigenvalue weighted by atomic mass is 16.6. The lowest BCUT2D eigenvalue weighted by Crippen LogP contribution is -2.11. The summed E-state index contributed by atoms with van der Waals surface area (Å²) in [5, 5.41) is 0. The molecule has 2 fully saturated rings. The van der Waals surface area contributed by atoms with E-state index in [1.807, 2.05) is 13.8 Å². The molecule has 2 aliphatic rings. The van der Waals surface area contributed by atoms with Crippen LogP contribution in [0.25, 0.3) is 0 Å². The third-order valence-electron chi connectivity index (χ3n) is 2.69. The Morgan fingerprint density at radius 3 is 2.45 bits per heavy atom. The van der Waals surface area contributed by atoms with Crippen molar-refractivity contribution in [3.8, 4) is 0 Å². The molecule has 1 aliphatic carbocycles. The molecular weight excluding hydrogens is 136 g/mol. The predicted molar refractivity (Wildman–Crippen MR) is 47.6 cm³/mol. The van der Waals surface area contributed by atoms with Crippen molar-refractivity contribution in [3.05, 3.63) is 0 Å². The maximum absolute atomic E-state index is 5.41. The normalized spacial score (nSPS) is 40.1. The van der Waals surface area contributed by atoms with E-state index >= 15 is 0 Å². The number of rotatable bonds is 1. The van der Waals surface area contributed by atoms with E-state index in [0.717, 1.165) is 5.92 Å². The summed E-state index contributed by atoms with van der Waals surface area (Å²) in [6, 6.07) is 0. The van der Waals surface area contributed by atoms with Gasteiger partial charge in [-0.05, 0) is 25.2 Å². The second-order valence-corrected chi connectivity index (χ2v) is 3.30. The SMILES string of the molecule is CC.CCC1CCC2OC2C1. The minimum atomic E-state index is 0.684. The fourth-order valence-corrected chi connectivity index (χ4v) is 1.86. The molecule has 3 unspecified atom stereocenters. The topological polar surface area (TPSA) is 12.5 Å². The summed E-state index contributed by atoms with van der Waals surface area (Å²) in [5.41, 5.74) is 0. The molecule has 0 radical (unpaired) electrons. The van der Waals surface area contributed by atoms with Crippen molar-refractivity contribution in [1.82, 2.24) is 0 Å². The highest BCUT2D eigenvalue weighted by Gasteiger charge is 2.43. The lowest BCUT2D eigenvalue weighted by molar-refractivity contribution is 0.357. The van der Waals surface area contributed by atoms with Gasteiger partial charge in [0, 0.05) is 0 Å². The maximum atomic E-state index is 5.41. The molecule has 0 aromatic rings. The Morgan fingerprint density at radius 2 is 1.91 bits per heavy atom. The standard InChI is InChI=1S/C8H14O.C2H6/c1-2-6-3-4-7-8(5-6)9-7;1-2/h6-8H,2-5H2,1H3;1-2H3. The molecule has 0 N–H and O–H groups in total. The third-order valence-corrected chi connectivity index (χ3v) is 2.69. The summed E-state index contributed by atoms with van der Waals surface area (Å²) in [4.78, 5) is 0. The van der Waals surface area contributed by atoms with Gasteiger partial charge in [0.15, 0.2) is 0 Å². The average Bonchev–Trinajstić information content (AvgIpc) is 2.85. The van der Waals surface area contributed by atoms with E-state index in [2.05, 4.69) is 6.92 Å². The summed E-state index contributed by atoms with van der Waals surface area (Å²) < 4.78 is 5.41. The average molecular weight is 156 g/mol. The van der Waals surface area contributed by atoms with Crippen molar-refractivity contribution in [2.45, 2.75) is 58.7 Å². The van der Waals surface area contributed by atoms with Gasteiger partial charge in [0.05, 0.1) is 12.2 Å². The zero-order valence-electron chi connectivity index (χ0n) is 7.97. The van der Waals surface area contributed by atoms with Crippen LogP contribution < -0.4 is 0 Å². The van der Waals surface area contributed by atoms with Crippen LogP contribution in [0.15, 0.2) is 0 Å². The molecule has 11 heavy (non-hydrogen) atoms. The minimum absolute atomic E-state index is 0.684. The van der Waals surface area contributed by atoms with Gasteiger partial charge in [-0.2, -0.15) is 0 Å². The third kappa shape index (κ3) is 2.19. The quantitative estimate of drug-likeness (QED) is 0.532. The van der Waals surface area contributed by atoms with Gasteiger partial charge in [0.1, 0.15) is 0 Å². The van der Waals surface area contributed by atoms with E-state index in [-0.39, 0.29) is 0 Å². The van der Waals surface area contributed by atoms with Gasteiger partial charge in [-0.1, -0.05) is 27.2 Å². The number of hydrogen-bond acceptors (Lipinski definition) is 1. The molecule has 0 aromatic carbocycles. The van der Waals surface area contributed by atoms with E-state index in [9.17, 15) is 0 Å². The highest BCUT2D eigenvalue weighted by molar-refractivity contribution is 4.91. The van der Waals surface area contributed by atoms with Crippen LogP contribution in [0.3, 0.4) is 0 Å². The van der Waals surface area contributed by atoms with Crippen LogP contribution in [0, 0.1) is 5.92 Å². The van der Waals surface area contributed by atoms with Crippen LogP contribution >= 0.6 is 0 Å². The van der Waals surface area contributed by atoms with Crippen LogP contribution in [-0.4, -0.2) is 12.2 Å². The molecule has 2 rings (SSSR count). The Bertz CT molecular complexity index is 111. The highest BCUT2D eigenvalue weighted by Crippen LogP contribution is 2.40. The first-order chi connectivity index (χ1) is 5.40. The molecule has 1 saturated carbocycles. The van der Waals surface area contributed by atoms with Gasteiger partial charge in [-0.25, -0.2) is 0 Å². The molecule has 0 amide bonds. The number of fused-ring (bicyclic) bond motifs is 1. The Hall–Kier alpha value is -0.0400.